The number of hydrogen-bond acceptors (Lipinski definition) is 4. The van der Waals surface area contributed by atoms with Crippen LogP contribution >= 0.6 is 11.3 Å². The molecule has 5 heteroatoms. The van der Waals surface area contributed by atoms with Crippen LogP contribution in [0.1, 0.15) is 16.0 Å². The van der Waals surface area contributed by atoms with E-state index >= 15 is 0 Å². The summed E-state index contributed by atoms with van der Waals surface area (Å²) >= 11 is 1.73. The van der Waals surface area contributed by atoms with Crippen molar-refractivity contribution in [3.63, 3.8) is 0 Å². The van der Waals surface area contributed by atoms with E-state index in [1.54, 1.807) is 11.3 Å². The maximum Gasteiger partial charge on any atom is 0.262 e. The molecule has 0 aliphatic carbocycles. The summed E-state index contributed by atoms with van der Waals surface area (Å²) in [4.78, 5) is 13.4. The van der Waals surface area contributed by atoms with Crippen molar-refractivity contribution in [2.24, 2.45) is 0 Å². The molecule has 0 fully saturated rings. The Labute approximate surface area is 157 Å². The molecular formula is C21H22N2O2S. The minimum atomic E-state index is -0.171. The maximum absolute atomic E-state index is 12.1. The third kappa shape index (κ3) is 5.44. The van der Waals surface area contributed by atoms with E-state index in [1.165, 1.54) is 4.88 Å². The average Bonchev–Trinajstić information content (AvgIpc) is 3.16. The van der Waals surface area contributed by atoms with Gasteiger partial charge in [-0.15, -0.1) is 11.3 Å². The lowest BCUT2D eigenvalue weighted by atomic mass is 10.2. The molecular weight excluding hydrogens is 344 g/mol. The van der Waals surface area contributed by atoms with E-state index < -0.39 is 0 Å². The number of thiophene rings is 1. The largest absolute Gasteiger partial charge is 0.483 e. The molecule has 0 atom stereocenters. The number of rotatable bonds is 8. The van der Waals surface area contributed by atoms with Gasteiger partial charge < -0.3 is 15.4 Å². The lowest BCUT2D eigenvalue weighted by Gasteiger charge is -2.12. The van der Waals surface area contributed by atoms with Crippen molar-refractivity contribution in [3.05, 3.63) is 82.0 Å². The molecule has 3 rings (SSSR count). The van der Waals surface area contributed by atoms with Crippen molar-refractivity contribution in [2.45, 2.75) is 20.0 Å². The molecule has 0 unspecified atom stereocenters. The van der Waals surface area contributed by atoms with Crippen LogP contribution in [-0.4, -0.2) is 12.5 Å². The fourth-order valence-electron chi connectivity index (χ4n) is 2.50. The van der Waals surface area contributed by atoms with Gasteiger partial charge in [-0.2, -0.15) is 0 Å². The van der Waals surface area contributed by atoms with Crippen molar-refractivity contribution >= 4 is 22.9 Å². The zero-order valence-corrected chi connectivity index (χ0v) is 15.5. The highest BCUT2D eigenvalue weighted by atomic mass is 32.1. The van der Waals surface area contributed by atoms with Gasteiger partial charge in [-0.05, 0) is 36.6 Å². The topological polar surface area (TPSA) is 50.4 Å². The first-order valence-corrected chi connectivity index (χ1v) is 9.39. The van der Waals surface area contributed by atoms with E-state index in [9.17, 15) is 4.79 Å². The molecule has 2 aromatic carbocycles. The first-order chi connectivity index (χ1) is 12.7. The van der Waals surface area contributed by atoms with Crippen LogP contribution in [0, 0.1) is 6.92 Å². The predicted molar refractivity (Wildman–Crippen MR) is 107 cm³/mol. The normalized spacial score (nSPS) is 10.5. The van der Waals surface area contributed by atoms with Gasteiger partial charge in [-0.1, -0.05) is 42.0 Å². The third-order valence-corrected chi connectivity index (χ3v) is 4.74. The maximum atomic E-state index is 12.1. The third-order valence-electron chi connectivity index (χ3n) is 3.86. The van der Waals surface area contributed by atoms with E-state index in [0.29, 0.717) is 6.54 Å². The predicted octanol–water partition coefficient (Wildman–Crippen LogP) is 4.36. The number of para-hydroxylation sites is 1. The summed E-state index contributed by atoms with van der Waals surface area (Å²) in [6.45, 7) is 3.50. The summed E-state index contributed by atoms with van der Waals surface area (Å²) in [6.07, 6.45) is 0. The number of amides is 1. The summed E-state index contributed by atoms with van der Waals surface area (Å²) < 4.78 is 5.73. The number of carbonyl (C=O) groups is 1. The molecule has 3 aromatic rings. The molecule has 0 spiro atoms. The van der Waals surface area contributed by atoms with Gasteiger partial charge in [0.05, 0.1) is 0 Å². The summed E-state index contributed by atoms with van der Waals surface area (Å²) in [6, 6.07) is 19.6. The van der Waals surface area contributed by atoms with Crippen LogP contribution in [0.4, 0.5) is 5.69 Å². The van der Waals surface area contributed by atoms with Crippen LogP contribution in [0.15, 0.2) is 66.0 Å². The van der Waals surface area contributed by atoms with Gasteiger partial charge >= 0.3 is 0 Å². The van der Waals surface area contributed by atoms with E-state index in [1.807, 2.05) is 61.5 Å². The van der Waals surface area contributed by atoms with Crippen molar-refractivity contribution in [1.29, 1.82) is 0 Å². The molecule has 134 valence electrons. The van der Waals surface area contributed by atoms with Crippen LogP contribution in [0.3, 0.4) is 0 Å². The summed E-state index contributed by atoms with van der Waals surface area (Å²) in [5.41, 5.74) is 2.96. The molecule has 1 heterocycles. The van der Waals surface area contributed by atoms with Gasteiger partial charge in [-0.25, -0.2) is 0 Å². The zero-order chi connectivity index (χ0) is 18.2. The van der Waals surface area contributed by atoms with Crippen molar-refractivity contribution in [2.75, 3.05) is 11.9 Å². The Morgan fingerprint density at radius 2 is 1.81 bits per heavy atom. The number of nitrogens with one attached hydrogen (secondary N) is 2. The van der Waals surface area contributed by atoms with Crippen LogP contribution in [0.5, 0.6) is 5.75 Å². The smallest absolute Gasteiger partial charge is 0.262 e. The van der Waals surface area contributed by atoms with Crippen molar-refractivity contribution < 1.29 is 9.53 Å². The molecule has 26 heavy (non-hydrogen) atoms. The minimum absolute atomic E-state index is 0.0180. The second-order valence-electron chi connectivity index (χ2n) is 5.99. The highest BCUT2D eigenvalue weighted by Crippen LogP contribution is 2.18. The van der Waals surface area contributed by atoms with Gasteiger partial charge in [0, 0.05) is 29.2 Å². The van der Waals surface area contributed by atoms with E-state index in [-0.39, 0.29) is 12.5 Å². The van der Waals surface area contributed by atoms with E-state index in [2.05, 4.69) is 22.1 Å². The van der Waals surface area contributed by atoms with Gasteiger partial charge in [0.1, 0.15) is 5.75 Å². The molecule has 1 aromatic heterocycles. The van der Waals surface area contributed by atoms with Crippen LogP contribution < -0.4 is 15.4 Å². The summed E-state index contributed by atoms with van der Waals surface area (Å²) in [5.74, 6) is 0.556. The molecule has 1 amide bonds. The Kier molecular flexibility index (Phi) is 6.41. The Morgan fingerprint density at radius 3 is 2.58 bits per heavy atom. The Bertz CT molecular complexity index is 829. The second kappa shape index (κ2) is 9.17. The van der Waals surface area contributed by atoms with Gasteiger partial charge in [0.15, 0.2) is 6.61 Å². The quantitative estimate of drug-likeness (QED) is 0.623. The highest BCUT2D eigenvalue weighted by Gasteiger charge is 2.07. The highest BCUT2D eigenvalue weighted by molar-refractivity contribution is 7.09. The number of benzene rings is 2. The second-order valence-corrected chi connectivity index (χ2v) is 7.03. The minimum Gasteiger partial charge on any atom is -0.483 e. The Hall–Kier alpha value is -2.63. The molecule has 0 bridgehead atoms. The fourth-order valence-corrected chi connectivity index (χ4v) is 3.18. The van der Waals surface area contributed by atoms with Crippen molar-refractivity contribution in [3.8, 4) is 5.75 Å². The molecule has 0 radical (unpaired) electrons. The van der Waals surface area contributed by atoms with Crippen LogP contribution in [0.25, 0.3) is 0 Å². The first kappa shape index (κ1) is 18.2. The van der Waals surface area contributed by atoms with Gasteiger partial charge in [-0.3, -0.25) is 4.79 Å². The molecule has 0 saturated heterocycles. The monoisotopic (exact) mass is 366 g/mol. The molecule has 0 aliphatic heterocycles. The molecule has 4 nitrogen and oxygen atoms in total. The lowest BCUT2D eigenvalue weighted by molar-refractivity contribution is -0.118. The van der Waals surface area contributed by atoms with Crippen LogP contribution in [0.2, 0.25) is 0 Å². The lowest BCUT2D eigenvalue weighted by Crippen LogP contribution is -2.21. The van der Waals surface area contributed by atoms with Crippen molar-refractivity contribution in [1.82, 2.24) is 5.32 Å². The molecule has 0 saturated carbocycles. The number of hydrogen-bond donors (Lipinski definition) is 2. The number of aryl methyl sites for hydroxylation is 1. The number of anilines is 1. The summed E-state index contributed by atoms with van der Waals surface area (Å²) in [7, 11) is 0. The Morgan fingerprint density at radius 1 is 1.00 bits per heavy atom. The SMILES string of the molecule is Cc1ccc(NC(=O)COc2ccccc2CNCc2cccs2)cc1. The molecule has 2 N–H and O–H groups in total. The van der Waals surface area contributed by atoms with E-state index in [4.69, 9.17) is 4.74 Å². The average molecular weight is 366 g/mol. The summed E-state index contributed by atoms with van der Waals surface area (Å²) in [5, 5.41) is 8.32. The molecule has 0 aliphatic rings. The number of carbonyl (C=O) groups excluding carboxylic acids is 1. The van der Waals surface area contributed by atoms with Crippen LogP contribution in [-0.2, 0) is 17.9 Å². The first-order valence-electron chi connectivity index (χ1n) is 8.51. The zero-order valence-electron chi connectivity index (χ0n) is 14.7. The van der Waals surface area contributed by atoms with Gasteiger partial charge in [0.2, 0.25) is 0 Å². The fraction of sp³-hybridized carbons (Fsp3) is 0.190. The Balaban J connectivity index is 1.50. The standard InChI is InChI=1S/C21H22N2O2S/c1-16-8-10-18(11-9-16)23-21(24)15-25-20-7-3-2-5-17(20)13-22-14-19-6-4-12-26-19/h2-12,22H,13-15H2,1H3,(H,23,24). The number of ether oxygens (including phenoxy) is 1. The van der Waals surface area contributed by atoms with Gasteiger partial charge in [0.25, 0.3) is 5.91 Å². The van der Waals surface area contributed by atoms with E-state index in [0.717, 1.165) is 29.1 Å².